The van der Waals surface area contributed by atoms with E-state index in [9.17, 15) is 34.1 Å². The average Bonchev–Trinajstić information content (AvgIpc) is 3.90. The van der Waals surface area contributed by atoms with Crippen molar-refractivity contribution in [2.75, 3.05) is 50.7 Å². The van der Waals surface area contributed by atoms with Gasteiger partial charge in [-0.3, -0.25) is 49.2 Å². The van der Waals surface area contributed by atoms with E-state index in [1.807, 2.05) is 53.4 Å². The van der Waals surface area contributed by atoms with Crippen molar-refractivity contribution in [3.63, 3.8) is 0 Å². The second kappa shape index (κ2) is 16.0. The number of carbonyl (C=O) groups excluding carboxylic acids is 5. The molecular weight excluding hydrogens is 767 g/mol. The summed E-state index contributed by atoms with van der Waals surface area (Å²) in [6.07, 6.45) is 3.60. The van der Waals surface area contributed by atoms with Gasteiger partial charge in [0, 0.05) is 81.2 Å². The first-order valence-electron chi connectivity index (χ1n) is 20.1. The predicted molar refractivity (Wildman–Crippen MR) is 220 cm³/mol. The number of aromatic nitrogens is 1. The normalized spacial score (nSPS) is 18.8. The number of hydrogen-bond donors (Lipinski definition) is 1. The molecule has 6 heterocycles. The summed E-state index contributed by atoms with van der Waals surface area (Å²) in [5.41, 5.74) is 5.76. The van der Waals surface area contributed by atoms with Crippen LogP contribution in [0.4, 0.5) is 11.4 Å². The number of hydrogen-bond acceptors (Lipinski definition) is 11. The lowest BCUT2D eigenvalue weighted by molar-refractivity contribution is -0.384. The van der Waals surface area contributed by atoms with Gasteiger partial charge in [-0.15, -0.1) is 0 Å². The fourth-order valence-corrected chi connectivity index (χ4v) is 8.67. The summed E-state index contributed by atoms with van der Waals surface area (Å²) >= 11 is 0. The molecule has 0 radical (unpaired) electrons. The fraction of sp³-hybridized carbons (Fsp3) is 0.289. The number of furan rings is 1. The lowest BCUT2D eigenvalue weighted by atomic mass is 9.95. The summed E-state index contributed by atoms with van der Waals surface area (Å²) in [7, 11) is 0. The van der Waals surface area contributed by atoms with Gasteiger partial charge in [0.1, 0.15) is 11.7 Å². The van der Waals surface area contributed by atoms with Crippen LogP contribution in [0.5, 0.6) is 0 Å². The number of nitro benzene ring substituents is 1. The molecule has 3 aromatic carbocycles. The molecule has 4 aliphatic rings. The Labute approximate surface area is 344 Å². The number of imide groups is 2. The molecule has 0 saturated carbocycles. The fourth-order valence-electron chi connectivity index (χ4n) is 8.67. The van der Waals surface area contributed by atoms with Crippen molar-refractivity contribution in [1.29, 1.82) is 0 Å². The molecule has 5 aromatic rings. The van der Waals surface area contributed by atoms with E-state index in [1.54, 1.807) is 36.6 Å². The lowest BCUT2D eigenvalue weighted by Gasteiger charge is -2.39. The number of non-ortho nitro benzene ring substituents is 1. The van der Waals surface area contributed by atoms with Crippen molar-refractivity contribution in [2.24, 2.45) is 5.92 Å². The average molecular weight is 808 g/mol. The van der Waals surface area contributed by atoms with Crippen LogP contribution in [0.1, 0.15) is 56.8 Å². The van der Waals surface area contributed by atoms with E-state index in [1.165, 1.54) is 12.1 Å². The number of nitrogens with zero attached hydrogens (tertiary/aromatic N) is 6. The van der Waals surface area contributed by atoms with Gasteiger partial charge in [-0.1, -0.05) is 12.1 Å². The van der Waals surface area contributed by atoms with Crippen molar-refractivity contribution in [2.45, 2.75) is 31.7 Å². The van der Waals surface area contributed by atoms with Gasteiger partial charge < -0.3 is 14.2 Å². The minimum atomic E-state index is -0.991. The summed E-state index contributed by atoms with van der Waals surface area (Å²) in [5.74, 6) is -0.986. The molecule has 15 nitrogen and oxygen atoms in total. The highest BCUT2D eigenvalue weighted by molar-refractivity contribution is 6.23. The number of rotatable bonds is 9. The van der Waals surface area contributed by atoms with Crippen LogP contribution in [0.3, 0.4) is 0 Å². The summed E-state index contributed by atoms with van der Waals surface area (Å²) in [6, 6.07) is 25.6. The van der Waals surface area contributed by atoms with Crippen LogP contribution in [0, 0.1) is 16.0 Å². The molecule has 0 bridgehead atoms. The molecule has 3 saturated heterocycles. The Morgan fingerprint density at radius 2 is 1.47 bits per heavy atom. The predicted octanol–water partition coefficient (Wildman–Crippen LogP) is 5.66. The van der Waals surface area contributed by atoms with Gasteiger partial charge in [0.2, 0.25) is 11.8 Å². The van der Waals surface area contributed by atoms with E-state index >= 15 is 0 Å². The monoisotopic (exact) mass is 807 g/mol. The lowest BCUT2D eigenvalue weighted by Crippen LogP contribution is -2.54. The number of pyridine rings is 1. The molecule has 1 unspecified atom stereocenters. The highest BCUT2D eigenvalue weighted by Gasteiger charge is 2.45. The van der Waals surface area contributed by atoms with E-state index in [4.69, 9.17) is 9.40 Å². The zero-order valence-corrected chi connectivity index (χ0v) is 32.6. The Bertz CT molecular complexity index is 2510. The number of carbonyl (C=O) groups is 5. The largest absolute Gasteiger partial charge is 0.463 e. The van der Waals surface area contributed by atoms with Gasteiger partial charge in [-0.25, -0.2) is 4.98 Å². The van der Waals surface area contributed by atoms with Crippen LogP contribution in [-0.2, 0) is 9.59 Å². The van der Waals surface area contributed by atoms with Crippen LogP contribution in [-0.4, -0.2) is 106 Å². The molecule has 0 spiro atoms. The second-order valence-electron chi connectivity index (χ2n) is 15.7. The Hall–Kier alpha value is -7.00. The molecule has 4 aliphatic heterocycles. The first-order valence-corrected chi connectivity index (χ1v) is 20.1. The quantitative estimate of drug-likeness (QED) is 0.110. The number of likely N-dealkylation sites (tertiary alicyclic amines) is 1. The molecular formula is C45H41N7O8. The summed E-state index contributed by atoms with van der Waals surface area (Å²) in [4.78, 5) is 87.3. The molecule has 2 aromatic heterocycles. The molecule has 60 heavy (non-hydrogen) atoms. The molecule has 1 N–H and O–H groups in total. The van der Waals surface area contributed by atoms with Crippen LogP contribution in [0.2, 0.25) is 0 Å². The number of amides is 5. The third-order valence-electron chi connectivity index (χ3n) is 12.0. The maximum absolute atomic E-state index is 13.6. The minimum Gasteiger partial charge on any atom is -0.463 e. The van der Waals surface area contributed by atoms with Gasteiger partial charge in [-0.2, -0.15) is 0 Å². The highest BCUT2D eigenvalue weighted by Crippen LogP contribution is 2.33. The first-order chi connectivity index (χ1) is 29.1. The Morgan fingerprint density at radius 1 is 0.767 bits per heavy atom. The first kappa shape index (κ1) is 38.5. The van der Waals surface area contributed by atoms with Crippen LogP contribution in [0.15, 0.2) is 102 Å². The number of benzene rings is 3. The molecule has 0 aliphatic carbocycles. The molecule has 3 fully saturated rings. The zero-order valence-electron chi connectivity index (χ0n) is 32.6. The van der Waals surface area contributed by atoms with E-state index in [2.05, 4.69) is 15.1 Å². The van der Waals surface area contributed by atoms with Crippen molar-refractivity contribution in [1.82, 2.24) is 25.0 Å². The minimum absolute atomic E-state index is 0.000459. The smallest absolute Gasteiger partial charge is 0.269 e. The summed E-state index contributed by atoms with van der Waals surface area (Å²) in [5, 5.41) is 13.4. The van der Waals surface area contributed by atoms with Gasteiger partial charge in [-0.05, 0) is 103 Å². The van der Waals surface area contributed by atoms with E-state index in [0.29, 0.717) is 41.7 Å². The molecule has 1 atom stereocenters. The SMILES string of the molecule is O=C1CCC(N2C(=O)c3ccc(N4CCN(CC5CCN(C(=O)c6ccc(-c7cc(-c8ccc([N+](=O)[O-])cc8)nc(-c8ccco8)c7)cc6)CC5)CC4)cc3C2=O)C(=O)N1. The maximum Gasteiger partial charge on any atom is 0.269 e. The van der Waals surface area contributed by atoms with E-state index in [-0.39, 0.29) is 35.6 Å². The molecule has 9 rings (SSSR count). The Balaban J connectivity index is 0.783. The topological polar surface area (TPSA) is 180 Å². The second-order valence-corrected chi connectivity index (χ2v) is 15.7. The summed E-state index contributed by atoms with van der Waals surface area (Å²) in [6.45, 7) is 5.49. The van der Waals surface area contributed by atoms with Crippen molar-refractivity contribution < 1.29 is 33.3 Å². The molecule has 15 heteroatoms. The number of piperazine rings is 1. The van der Waals surface area contributed by atoms with Crippen LogP contribution in [0.25, 0.3) is 33.8 Å². The Kier molecular flexibility index (Phi) is 10.3. The Morgan fingerprint density at radius 3 is 2.15 bits per heavy atom. The number of nitro groups is 1. The third kappa shape index (κ3) is 7.54. The molecule has 304 valence electrons. The number of fused-ring (bicyclic) bond motifs is 1. The number of piperidine rings is 2. The number of nitrogens with one attached hydrogen (secondary N) is 1. The standard InChI is InChI=1S/C45H41N7O8/c53-41-14-13-39(42(54)47-41)51-44(56)35-12-11-34(26-36(35)45(51)57)49-21-19-48(20-22-49)27-28-15-17-50(18-16-28)43(55)31-5-3-29(4-6-31)32-24-37(30-7-9-33(10-8-30)52(58)59)46-38(25-32)40-2-1-23-60-40/h1-12,23-26,28,39H,13-22,27H2,(H,47,53,54). The van der Waals surface area contributed by atoms with Gasteiger partial charge in [0.25, 0.3) is 23.4 Å². The van der Waals surface area contributed by atoms with E-state index in [0.717, 1.165) is 72.8 Å². The van der Waals surface area contributed by atoms with Crippen LogP contribution >= 0.6 is 0 Å². The van der Waals surface area contributed by atoms with Gasteiger partial charge in [0.05, 0.1) is 28.0 Å². The van der Waals surface area contributed by atoms with Gasteiger partial charge >= 0.3 is 0 Å². The molecule has 5 amide bonds. The van der Waals surface area contributed by atoms with E-state index < -0.39 is 34.6 Å². The van der Waals surface area contributed by atoms with Crippen molar-refractivity contribution >= 4 is 40.9 Å². The summed E-state index contributed by atoms with van der Waals surface area (Å²) < 4.78 is 5.64. The van der Waals surface area contributed by atoms with Gasteiger partial charge in [0.15, 0.2) is 5.76 Å². The highest BCUT2D eigenvalue weighted by atomic mass is 16.6. The third-order valence-corrected chi connectivity index (χ3v) is 12.0. The number of anilines is 1. The zero-order chi connectivity index (χ0) is 41.5. The van der Waals surface area contributed by atoms with Crippen molar-refractivity contribution in [3.05, 3.63) is 124 Å². The maximum atomic E-state index is 13.6. The van der Waals surface area contributed by atoms with Crippen molar-refractivity contribution in [3.8, 4) is 33.8 Å². The van der Waals surface area contributed by atoms with Crippen LogP contribution < -0.4 is 10.2 Å².